The van der Waals surface area contributed by atoms with Gasteiger partial charge in [-0.25, -0.2) is 0 Å². The number of rotatable bonds is 8. The number of halogens is 3. The lowest BCUT2D eigenvalue weighted by Gasteiger charge is -2.38. The second kappa shape index (κ2) is 10.9. The van der Waals surface area contributed by atoms with E-state index in [9.17, 15) is 13.2 Å². The highest BCUT2D eigenvalue weighted by atomic mass is 19.4. The van der Waals surface area contributed by atoms with E-state index in [0.29, 0.717) is 0 Å². The molecular weight excluding hydrogens is 271 g/mol. The van der Waals surface area contributed by atoms with E-state index < -0.39 is 12.1 Å². The van der Waals surface area contributed by atoms with Crippen molar-refractivity contribution in [1.82, 2.24) is 0 Å². The smallest absolute Gasteiger partial charge is 0.430 e. The van der Waals surface area contributed by atoms with Gasteiger partial charge in [-0.15, -0.1) is 0 Å². The lowest BCUT2D eigenvalue weighted by Crippen LogP contribution is -2.50. The number of aliphatic carboxylic acids is 1. The van der Waals surface area contributed by atoms with E-state index in [2.05, 4.69) is 27.7 Å². The second-order valence-corrected chi connectivity index (χ2v) is 5.02. The summed E-state index contributed by atoms with van der Waals surface area (Å²) in [5, 5.41) is 8.78. The van der Waals surface area contributed by atoms with Gasteiger partial charge in [-0.1, -0.05) is 27.7 Å². The largest absolute Gasteiger partial charge is 0.542 e. The van der Waals surface area contributed by atoms with Crippen LogP contribution in [0.25, 0.3) is 0 Å². The summed E-state index contributed by atoms with van der Waals surface area (Å²) in [4.78, 5) is 8.78. The van der Waals surface area contributed by atoms with Crippen LogP contribution in [0.4, 0.5) is 13.2 Å². The molecule has 0 fully saturated rings. The first-order valence-corrected chi connectivity index (χ1v) is 7.32. The molecule has 122 valence electrons. The third-order valence-electron chi connectivity index (χ3n) is 3.02. The highest BCUT2D eigenvalue weighted by Gasteiger charge is 2.28. The first kappa shape index (κ1) is 21.5. The molecule has 0 aromatic rings. The number of carboxylic acids is 1. The molecule has 0 spiro atoms. The molecule has 3 nitrogen and oxygen atoms in total. The molecule has 0 heterocycles. The minimum absolute atomic E-state index is 1.33. The Bertz CT molecular complexity index is 226. The lowest BCUT2D eigenvalue weighted by atomic mass is 10.2. The van der Waals surface area contributed by atoms with Crippen molar-refractivity contribution in [2.75, 3.05) is 26.2 Å². The molecule has 0 aliphatic rings. The van der Waals surface area contributed by atoms with Gasteiger partial charge in [-0.05, 0) is 25.7 Å². The Morgan fingerprint density at radius 2 is 1.05 bits per heavy atom. The van der Waals surface area contributed by atoms with Crippen LogP contribution < -0.4 is 5.11 Å². The normalized spacial score (nSPS) is 11.8. The van der Waals surface area contributed by atoms with Gasteiger partial charge in [-0.3, -0.25) is 0 Å². The third kappa shape index (κ3) is 10.1. The number of quaternary nitrogens is 1. The van der Waals surface area contributed by atoms with Crippen molar-refractivity contribution in [3.63, 3.8) is 0 Å². The predicted octanol–water partition coefficient (Wildman–Crippen LogP) is 2.74. The van der Waals surface area contributed by atoms with Gasteiger partial charge >= 0.3 is 6.18 Å². The molecule has 0 amide bonds. The molecule has 0 saturated carbocycles. The lowest BCUT2D eigenvalue weighted by molar-refractivity contribution is -0.928. The fourth-order valence-electron chi connectivity index (χ4n) is 2.57. The van der Waals surface area contributed by atoms with E-state index in [0.717, 1.165) is 0 Å². The number of carbonyl (C=O) groups excluding carboxylic acids is 1. The summed E-state index contributed by atoms with van der Waals surface area (Å²) >= 11 is 0. The Balaban J connectivity index is 0. The van der Waals surface area contributed by atoms with Crippen LogP contribution in [-0.4, -0.2) is 42.8 Å². The molecule has 0 N–H and O–H groups in total. The van der Waals surface area contributed by atoms with E-state index in [1.54, 1.807) is 0 Å². The number of carbonyl (C=O) groups is 1. The fraction of sp³-hybridized carbons (Fsp3) is 0.929. The summed E-state index contributed by atoms with van der Waals surface area (Å²) in [5.41, 5.74) is 0. The molecule has 0 radical (unpaired) electrons. The van der Waals surface area contributed by atoms with Crippen molar-refractivity contribution in [2.24, 2.45) is 0 Å². The first-order valence-electron chi connectivity index (χ1n) is 7.32. The molecule has 0 aliphatic carbocycles. The number of hydrogen-bond acceptors (Lipinski definition) is 2. The van der Waals surface area contributed by atoms with Gasteiger partial charge in [0.1, 0.15) is 5.97 Å². The summed E-state index contributed by atoms with van der Waals surface area (Å²) in [7, 11) is 0. The van der Waals surface area contributed by atoms with Crippen LogP contribution in [0, 0.1) is 0 Å². The Morgan fingerprint density at radius 3 is 1.15 bits per heavy atom. The summed E-state index contributed by atoms with van der Waals surface area (Å²) in [6.45, 7) is 14.8. The van der Waals surface area contributed by atoms with Gasteiger partial charge in [0.15, 0.2) is 0 Å². The molecule has 0 aromatic heterocycles. The number of nitrogens with zero attached hydrogens (tertiary/aromatic N) is 1. The van der Waals surface area contributed by atoms with Crippen LogP contribution in [0.15, 0.2) is 0 Å². The van der Waals surface area contributed by atoms with Crippen molar-refractivity contribution >= 4 is 5.97 Å². The zero-order valence-electron chi connectivity index (χ0n) is 13.1. The monoisotopic (exact) mass is 299 g/mol. The van der Waals surface area contributed by atoms with Gasteiger partial charge in [0.2, 0.25) is 0 Å². The van der Waals surface area contributed by atoms with Crippen molar-refractivity contribution < 1.29 is 27.6 Å². The quantitative estimate of drug-likeness (QED) is 0.647. The predicted molar refractivity (Wildman–Crippen MR) is 72.0 cm³/mol. The van der Waals surface area contributed by atoms with Gasteiger partial charge < -0.3 is 14.4 Å². The van der Waals surface area contributed by atoms with Crippen LogP contribution in [-0.2, 0) is 4.79 Å². The highest BCUT2D eigenvalue weighted by molar-refractivity contribution is 5.70. The minimum atomic E-state index is -5.19. The van der Waals surface area contributed by atoms with E-state index >= 15 is 0 Å². The van der Waals surface area contributed by atoms with E-state index in [-0.39, 0.29) is 0 Å². The average Bonchev–Trinajstić information content (AvgIpc) is 2.29. The van der Waals surface area contributed by atoms with Gasteiger partial charge in [0, 0.05) is 0 Å². The summed E-state index contributed by atoms with van der Waals surface area (Å²) < 4.78 is 32.9. The topological polar surface area (TPSA) is 40.1 Å². The van der Waals surface area contributed by atoms with Gasteiger partial charge in [0.25, 0.3) is 0 Å². The Labute approximate surface area is 120 Å². The SMILES string of the molecule is CCC[N+](CCC)(CCC)CCC.O=C([O-])C(F)(F)F. The van der Waals surface area contributed by atoms with Crippen LogP contribution in [0.2, 0.25) is 0 Å². The summed E-state index contributed by atoms with van der Waals surface area (Å²) in [5.74, 6) is -3.01. The standard InChI is InChI=1S/C12H28N.C2HF3O2/c1-5-9-13(10-6-2,11-7-3)12-8-4;3-2(4,5)1(6)7/h5-12H2,1-4H3;(H,6,7)/q+1;/p-1. The maximum Gasteiger partial charge on any atom is 0.430 e. The number of carboxylic acid groups (broad SMARTS) is 1. The maximum atomic E-state index is 10.5. The zero-order chi connectivity index (χ0) is 16.2. The van der Waals surface area contributed by atoms with E-state index in [1.165, 1.54) is 56.3 Å². The molecule has 0 unspecified atom stereocenters. The van der Waals surface area contributed by atoms with Gasteiger partial charge in [-0.2, -0.15) is 13.2 Å². The molecular formula is C14H28F3NO2. The van der Waals surface area contributed by atoms with Crippen LogP contribution >= 0.6 is 0 Å². The zero-order valence-corrected chi connectivity index (χ0v) is 13.1. The molecule has 0 atom stereocenters. The molecule has 0 aliphatic heterocycles. The van der Waals surface area contributed by atoms with E-state index in [1.807, 2.05) is 0 Å². The highest BCUT2D eigenvalue weighted by Crippen LogP contribution is 2.12. The number of alkyl halides is 3. The summed E-state index contributed by atoms with van der Waals surface area (Å²) in [6, 6.07) is 0. The Kier molecular flexibility index (Phi) is 11.8. The minimum Gasteiger partial charge on any atom is -0.542 e. The Morgan fingerprint density at radius 1 is 0.850 bits per heavy atom. The van der Waals surface area contributed by atoms with Crippen molar-refractivity contribution in [1.29, 1.82) is 0 Å². The van der Waals surface area contributed by atoms with Crippen molar-refractivity contribution in [2.45, 2.75) is 59.6 Å². The number of hydrogen-bond donors (Lipinski definition) is 0. The van der Waals surface area contributed by atoms with Crippen LogP contribution in [0.5, 0.6) is 0 Å². The van der Waals surface area contributed by atoms with Crippen molar-refractivity contribution in [3.05, 3.63) is 0 Å². The Hall–Kier alpha value is -0.780. The van der Waals surface area contributed by atoms with Crippen LogP contribution in [0.1, 0.15) is 53.4 Å². The molecule has 0 aromatic carbocycles. The molecule has 6 heteroatoms. The molecule has 0 rings (SSSR count). The average molecular weight is 299 g/mol. The van der Waals surface area contributed by atoms with Crippen molar-refractivity contribution in [3.8, 4) is 0 Å². The third-order valence-corrected chi connectivity index (χ3v) is 3.02. The summed E-state index contributed by atoms with van der Waals surface area (Å²) in [6.07, 6.45) is 0.139. The maximum absolute atomic E-state index is 10.5. The van der Waals surface area contributed by atoms with Crippen LogP contribution in [0.3, 0.4) is 0 Å². The first-order chi connectivity index (χ1) is 9.19. The molecule has 0 bridgehead atoms. The fourth-order valence-corrected chi connectivity index (χ4v) is 2.57. The van der Waals surface area contributed by atoms with Gasteiger partial charge in [0.05, 0.1) is 26.2 Å². The molecule has 20 heavy (non-hydrogen) atoms. The molecule has 0 saturated heterocycles. The van der Waals surface area contributed by atoms with E-state index in [4.69, 9.17) is 9.90 Å². The second-order valence-electron chi connectivity index (χ2n) is 5.02.